The van der Waals surface area contributed by atoms with E-state index in [1.54, 1.807) is 49.5 Å². The van der Waals surface area contributed by atoms with E-state index in [9.17, 15) is 13.5 Å². The predicted octanol–water partition coefficient (Wildman–Crippen LogP) is 1.81. The van der Waals surface area contributed by atoms with Gasteiger partial charge < -0.3 is 5.11 Å². The van der Waals surface area contributed by atoms with Crippen LogP contribution in [0.3, 0.4) is 0 Å². The first-order valence-electron chi connectivity index (χ1n) is 6.48. The molecule has 6 nitrogen and oxygen atoms in total. The molecule has 3 rings (SSSR count). The van der Waals surface area contributed by atoms with Gasteiger partial charge in [0.15, 0.2) is 5.84 Å². The molecule has 112 valence electrons. The van der Waals surface area contributed by atoms with Crippen LogP contribution >= 0.6 is 0 Å². The molecule has 0 spiro atoms. The molecule has 0 saturated heterocycles. The number of rotatable bonds is 2. The molecule has 0 aromatic heterocycles. The first-order chi connectivity index (χ1) is 10.5. The first kappa shape index (κ1) is 14.3. The Kier molecular flexibility index (Phi) is 3.42. The number of phenolic OH excluding ortho intramolecular Hbond substituents is 1. The van der Waals surface area contributed by atoms with Crippen molar-refractivity contribution in [2.75, 3.05) is 7.05 Å². The minimum Gasteiger partial charge on any atom is -0.508 e. The fourth-order valence-electron chi connectivity index (χ4n) is 2.13. The van der Waals surface area contributed by atoms with E-state index in [0.29, 0.717) is 11.1 Å². The van der Waals surface area contributed by atoms with Crippen LogP contribution in [-0.2, 0) is 10.0 Å². The zero-order valence-electron chi connectivity index (χ0n) is 11.7. The third-order valence-electron chi connectivity index (χ3n) is 3.17. The molecule has 0 radical (unpaired) electrons. The quantitative estimate of drug-likeness (QED) is 0.677. The fourth-order valence-corrected chi connectivity index (χ4v) is 3.37. The summed E-state index contributed by atoms with van der Waals surface area (Å²) in [5.41, 5.74) is 1.22. The lowest BCUT2D eigenvalue weighted by Crippen LogP contribution is -2.21. The van der Waals surface area contributed by atoms with Crippen LogP contribution in [-0.4, -0.2) is 37.6 Å². The van der Waals surface area contributed by atoms with Gasteiger partial charge in [-0.3, -0.25) is 0 Å². The van der Waals surface area contributed by atoms with Crippen molar-refractivity contribution in [1.29, 1.82) is 0 Å². The van der Waals surface area contributed by atoms with Crippen LogP contribution in [0.4, 0.5) is 0 Å². The molecule has 22 heavy (non-hydrogen) atoms. The number of amidine groups is 1. The number of benzene rings is 2. The second-order valence-corrected chi connectivity index (χ2v) is 6.32. The summed E-state index contributed by atoms with van der Waals surface area (Å²) in [7, 11) is -2.04. The summed E-state index contributed by atoms with van der Waals surface area (Å²) in [6.07, 6.45) is 1.52. The van der Waals surface area contributed by atoms with E-state index in [-0.39, 0.29) is 16.5 Å². The summed E-state index contributed by atoms with van der Waals surface area (Å²) in [5, 5.41) is 15.0. The maximum atomic E-state index is 12.0. The third-order valence-corrected chi connectivity index (χ3v) is 4.49. The smallest absolute Gasteiger partial charge is 0.285 e. The SMILES string of the molecule is CN(N=Cc1cccc(O)c1)C1=NS(=O)(=O)c2ccccc21. The molecule has 0 fully saturated rings. The van der Waals surface area contributed by atoms with Crippen LogP contribution in [0.15, 0.2) is 62.9 Å². The number of phenols is 1. The highest BCUT2D eigenvalue weighted by Crippen LogP contribution is 2.26. The van der Waals surface area contributed by atoms with Gasteiger partial charge in [0, 0.05) is 12.6 Å². The van der Waals surface area contributed by atoms with Crippen molar-refractivity contribution < 1.29 is 13.5 Å². The topological polar surface area (TPSA) is 82.3 Å². The van der Waals surface area contributed by atoms with E-state index in [0.717, 1.165) is 0 Å². The van der Waals surface area contributed by atoms with Crippen molar-refractivity contribution in [1.82, 2.24) is 5.01 Å². The van der Waals surface area contributed by atoms with Gasteiger partial charge in [-0.15, -0.1) is 4.40 Å². The molecular formula is C15H13N3O3S. The Labute approximate surface area is 128 Å². The zero-order chi connectivity index (χ0) is 15.7. The molecular weight excluding hydrogens is 302 g/mol. The molecule has 0 saturated carbocycles. The average Bonchev–Trinajstić information content (AvgIpc) is 2.77. The van der Waals surface area contributed by atoms with Gasteiger partial charge in [0.2, 0.25) is 0 Å². The second-order valence-electron chi connectivity index (χ2n) is 4.75. The van der Waals surface area contributed by atoms with E-state index in [2.05, 4.69) is 9.50 Å². The monoisotopic (exact) mass is 315 g/mol. The van der Waals surface area contributed by atoms with Gasteiger partial charge in [-0.05, 0) is 29.8 Å². The molecule has 2 aromatic rings. The first-order valence-corrected chi connectivity index (χ1v) is 7.92. The van der Waals surface area contributed by atoms with E-state index >= 15 is 0 Å². The van der Waals surface area contributed by atoms with E-state index in [4.69, 9.17) is 0 Å². The average molecular weight is 315 g/mol. The molecule has 0 bridgehead atoms. The number of nitrogens with zero attached hydrogens (tertiary/aromatic N) is 3. The van der Waals surface area contributed by atoms with Gasteiger partial charge in [-0.25, -0.2) is 5.01 Å². The normalized spacial score (nSPS) is 15.6. The van der Waals surface area contributed by atoms with Gasteiger partial charge in [0.1, 0.15) is 10.6 Å². The molecule has 7 heteroatoms. The fraction of sp³-hybridized carbons (Fsp3) is 0.0667. The highest BCUT2D eigenvalue weighted by molar-refractivity contribution is 7.90. The molecule has 1 heterocycles. The van der Waals surface area contributed by atoms with Gasteiger partial charge >= 0.3 is 0 Å². The van der Waals surface area contributed by atoms with Crippen molar-refractivity contribution in [3.05, 3.63) is 59.7 Å². The Morgan fingerprint density at radius 1 is 1.18 bits per heavy atom. The minimum atomic E-state index is -3.66. The Morgan fingerprint density at radius 2 is 1.95 bits per heavy atom. The maximum absolute atomic E-state index is 12.0. The number of hydrogen-bond acceptors (Lipinski definition) is 5. The molecule has 1 aliphatic rings. The second kappa shape index (κ2) is 5.27. The Bertz CT molecular complexity index is 888. The minimum absolute atomic E-state index is 0.137. The lowest BCUT2D eigenvalue weighted by Gasteiger charge is -2.12. The molecule has 0 aliphatic carbocycles. The third kappa shape index (κ3) is 2.58. The van der Waals surface area contributed by atoms with E-state index < -0.39 is 10.0 Å². The van der Waals surface area contributed by atoms with Crippen LogP contribution in [0, 0.1) is 0 Å². The van der Waals surface area contributed by atoms with Crippen LogP contribution in [0.25, 0.3) is 0 Å². The van der Waals surface area contributed by atoms with Crippen LogP contribution < -0.4 is 0 Å². The largest absolute Gasteiger partial charge is 0.508 e. The number of fused-ring (bicyclic) bond motifs is 1. The van der Waals surface area contributed by atoms with Crippen LogP contribution in [0.2, 0.25) is 0 Å². The summed E-state index contributed by atoms with van der Waals surface area (Å²) in [6.45, 7) is 0. The molecule has 0 unspecified atom stereocenters. The van der Waals surface area contributed by atoms with E-state index in [1.165, 1.54) is 17.3 Å². The molecule has 1 N–H and O–H groups in total. The van der Waals surface area contributed by atoms with Crippen molar-refractivity contribution in [3.63, 3.8) is 0 Å². The summed E-state index contributed by atoms with van der Waals surface area (Å²) >= 11 is 0. The Morgan fingerprint density at radius 3 is 2.73 bits per heavy atom. The lowest BCUT2D eigenvalue weighted by atomic mass is 10.2. The van der Waals surface area contributed by atoms with Gasteiger partial charge in [-0.2, -0.15) is 13.5 Å². The van der Waals surface area contributed by atoms with Crippen molar-refractivity contribution in [2.45, 2.75) is 4.90 Å². The maximum Gasteiger partial charge on any atom is 0.285 e. The van der Waals surface area contributed by atoms with E-state index in [1.807, 2.05) is 0 Å². The summed E-state index contributed by atoms with van der Waals surface area (Å²) in [6, 6.07) is 13.2. The summed E-state index contributed by atoms with van der Waals surface area (Å²) in [5.74, 6) is 0.407. The molecule has 0 atom stereocenters. The van der Waals surface area contributed by atoms with Crippen LogP contribution in [0.5, 0.6) is 5.75 Å². The predicted molar refractivity (Wildman–Crippen MR) is 83.6 cm³/mol. The van der Waals surface area contributed by atoms with Gasteiger partial charge in [-0.1, -0.05) is 24.3 Å². The Balaban J connectivity index is 1.92. The lowest BCUT2D eigenvalue weighted by molar-refractivity contribution is 0.475. The highest BCUT2D eigenvalue weighted by Gasteiger charge is 2.30. The summed E-state index contributed by atoms with van der Waals surface area (Å²) in [4.78, 5) is 0.185. The zero-order valence-corrected chi connectivity index (χ0v) is 12.5. The molecule has 0 amide bonds. The van der Waals surface area contributed by atoms with Gasteiger partial charge in [0.05, 0.1) is 6.21 Å². The van der Waals surface area contributed by atoms with Crippen molar-refractivity contribution >= 4 is 22.1 Å². The molecule has 2 aromatic carbocycles. The number of sulfonamides is 1. The Hall–Kier alpha value is -2.67. The highest BCUT2D eigenvalue weighted by atomic mass is 32.2. The number of hydrogen-bond donors (Lipinski definition) is 1. The van der Waals surface area contributed by atoms with Crippen molar-refractivity contribution in [3.8, 4) is 5.75 Å². The number of aromatic hydroxyl groups is 1. The van der Waals surface area contributed by atoms with Crippen LogP contribution in [0.1, 0.15) is 11.1 Å². The summed E-state index contributed by atoms with van der Waals surface area (Å²) < 4.78 is 27.7. The standard InChI is InChI=1S/C15H13N3O3S/c1-18(16-10-11-5-4-6-12(19)9-11)15-13-7-2-3-8-14(13)22(20,21)17-15/h2-10,19H,1H3. The molecule has 1 aliphatic heterocycles. The van der Waals surface area contributed by atoms with Crippen molar-refractivity contribution in [2.24, 2.45) is 9.50 Å². The number of hydrazone groups is 1. The van der Waals surface area contributed by atoms with Gasteiger partial charge in [0.25, 0.3) is 10.0 Å².